The van der Waals surface area contributed by atoms with Crippen LogP contribution in [0.25, 0.3) is 0 Å². The van der Waals surface area contributed by atoms with Crippen LogP contribution >= 0.6 is 0 Å². The van der Waals surface area contributed by atoms with Crippen molar-refractivity contribution in [1.82, 2.24) is 9.97 Å². The van der Waals surface area contributed by atoms with E-state index < -0.39 is 0 Å². The van der Waals surface area contributed by atoms with Gasteiger partial charge in [-0.3, -0.25) is 4.99 Å². The van der Waals surface area contributed by atoms with Crippen molar-refractivity contribution in [2.24, 2.45) is 4.99 Å². The molecule has 0 saturated carbocycles. The second kappa shape index (κ2) is 3.91. The first kappa shape index (κ1) is 10.2. The van der Waals surface area contributed by atoms with Crippen molar-refractivity contribution in [2.45, 2.75) is 6.92 Å². The molecule has 0 aliphatic carbocycles. The number of rotatable bonds is 3. The van der Waals surface area contributed by atoms with Gasteiger partial charge in [0.1, 0.15) is 5.69 Å². The number of anilines is 3. The molecule has 0 aliphatic rings. The average Bonchev–Trinajstić information content (AvgIpc) is 2.15. The zero-order chi connectivity index (χ0) is 10.7. The van der Waals surface area contributed by atoms with Crippen molar-refractivity contribution < 1.29 is 0 Å². The van der Waals surface area contributed by atoms with Crippen LogP contribution < -0.4 is 16.4 Å². The van der Waals surface area contributed by atoms with Crippen molar-refractivity contribution in [3.8, 4) is 0 Å². The van der Waals surface area contributed by atoms with Crippen molar-refractivity contribution in [3.05, 3.63) is 0 Å². The highest BCUT2D eigenvalue weighted by atomic mass is 15.2. The third-order valence-electron chi connectivity index (χ3n) is 1.90. The molecule has 1 aromatic rings. The third kappa shape index (κ3) is 1.73. The van der Waals surface area contributed by atoms with Crippen LogP contribution in [0.5, 0.6) is 0 Å². The van der Waals surface area contributed by atoms with Crippen LogP contribution in [0.1, 0.15) is 6.92 Å². The van der Waals surface area contributed by atoms with Crippen LogP contribution in [0.2, 0.25) is 0 Å². The summed E-state index contributed by atoms with van der Waals surface area (Å²) < 4.78 is 0. The van der Waals surface area contributed by atoms with Gasteiger partial charge in [0.05, 0.1) is 0 Å². The summed E-state index contributed by atoms with van der Waals surface area (Å²) in [4.78, 5) is 13.5. The Kier molecular flexibility index (Phi) is 2.85. The zero-order valence-corrected chi connectivity index (χ0v) is 8.36. The fourth-order valence-corrected chi connectivity index (χ4v) is 1.04. The minimum atomic E-state index is 0.144. The predicted octanol–water partition coefficient (Wildman–Crippen LogP) is 0.429. The van der Waals surface area contributed by atoms with Gasteiger partial charge < -0.3 is 16.4 Å². The molecule has 0 bridgehead atoms. The molecule has 0 saturated heterocycles. The van der Waals surface area contributed by atoms with Gasteiger partial charge in [-0.25, -0.2) is 0 Å². The number of hydrogen-bond donors (Lipinski definition) is 2. The van der Waals surface area contributed by atoms with E-state index in [0.717, 1.165) is 6.54 Å². The molecule has 0 atom stereocenters. The molecule has 14 heavy (non-hydrogen) atoms. The van der Waals surface area contributed by atoms with Gasteiger partial charge in [0.2, 0.25) is 5.95 Å². The summed E-state index contributed by atoms with van der Waals surface area (Å²) in [5.41, 5.74) is 11.6. The summed E-state index contributed by atoms with van der Waals surface area (Å²) >= 11 is 0. The molecule has 6 nitrogen and oxygen atoms in total. The number of nitrogen functional groups attached to an aromatic ring is 2. The van der Waals surface area contributed by atoms with Crippen LogP contribution in [-0.2, 0) is 0 Å². The molecule has 1 heterocycles. The van der Waals surface area contributed by atoms with E-state index in [-0.39, 0.29) is 11.8 Å². The van der Waals surface area contributed by atoms with Crippen molar-refractivity contribution in [1.29, 1.82) is 0 Å². The lowest BCUT2D eigenvalue weighted by Crippen LogP contribution is -2.19. The fraction of sp³-hybridized carbons (Fsp3) is 0.375. The van der Waals surface area contributed by atoms with Crippen LogP contribution in [0.3, 0.4) is 0 Å². The van der Waals surface area contributed by atoms with Crippen molar-refractivity contribution in [3.63, 3.8) is 0 Å². The van der Waals surface area contributed by atoms with Gasteiger partial charge in [-0.15, -0.1) is 0 Å². The molecule has 0 fully saturated rings. The SMILES string of the molecule is C=Nc1c(N)nc(N)nc1N(C)CC. The van der Waals surface area contributed by atoms with Crippen LogP contribution in [-0.4, -0.2) is 30.3 Å². The number of aromatic nitrogens is 2. The Bertz CT molecular complexity index is 348. The molecule has 0 aromatic carbocycles. The lowest BCUT2D eigenvalue weighted by molar-refractivity contribution is 0.933. The summed E-state index contributed by atoms with van der Waals surface area (Å²) in [5.74, 6) is 1.00. The van der Waals surface area contributed by atoms with E-state index in [9.17, 15) is 0 Å². The van der Waals surface area contributed by atoms with Crippen molar-refractivity contribution in [2.75, 3.05) is 30.0 Å². The normalized spacial score (nSPS) is 9.86. The van der Waals surface area contributed by atoms with E-state index in [4.69, 9.17) is 11.5 Å². The Labute approximate surface area is 82.7 Å². The van der Waals surface area contributed by atoms with Gasteiger partial charge in [-0.05, 0) is 13.6 Å². The van der Waals surface area contributed by atoms with E-state index in [0.29, 0.717) is 11.5 Å². The standard InChI is InChI=1S/C8H14N6/c1-4-14(3)7-5(11-2)6(9)12-8(10)13-7/h2,4H2,1,3H3,(H4,9,10,12,13). The monoisotopic (exact) mass is 194 g/mol. The maximum atomic E-state index is 5.63. The highest BCUT2D eigenvalue weighted by molar-refractivity contribution is 5.75. The molecule has 4 N–H and O–H groups in total. The predicted molar refractivity (Wildman–Crippen MR) is 59.0 cm³/mol. The van der Waals surface area contributed by atoms with Gasteiger partial charge in [0.25, 0.3) is 0 Å². The molecule has 1 rings (SSSR count). The summed E-state index contributed by atoms with van der Waals surface area (Å²) in [7, 11) is 1.87. The van der Waals surface area contributed by atoms with E-state index in [1.807, 2.05) is 18.9 Å². The molecule has 76 valence electrons. The number of hydrogen-bond acceptors (Lipinski definition) is 6. The maximum absolute atomic E-state index is 5.63. The van der Waals surface area contributed by atoms with E-state index in [1.54, 1.807) is 0 Å². The number of aliphatic imine (C=N–C) groups is 1. The van der Waals surface area contributed by atoms with Crippen LogP contribution in [0, 0.1) is 0 Å². The smallest absolute Gasteiger partial charge is 0.224 e. The van der Waals surface area contributed by atoms with Gasteiger partial charge in [0.15, 0.2) is 11.6 Å². The first-order valence-electron chi connectivity index (χ1n) is 4.21. The minimum absolute atomic E-state index is 0.144. The third-order valence-corrected chi connectivity index (χ3v) is 1.90. The van der Waals surface area contributed by atoms with Gasteiger partial charge in [-0.2, -0.15) is 9.97 Å². The molecule has 0 unspecified atom stereocenters. The molecule has 0 amide bonds. The van der Waals surface area contributed by atoms with Gasteiger partial charge in [0, 0.05) is 13.6 Å². The maximum Gasteiger partial charge on any atom is 0.224 e. The topological polar surface area (TPSA) is 93.4 Å². The average molecular weight is 194 g/mol. The lowest BCUT2D eigenvalue weighted by atomic mass is 10.4. The first-order valence-corrected chi connectivity index (χ1v) is 4.21. The molecular formula is C8H14N6. The Morgan fingerprint density at radius 1 is 1.43 bits per heavy atom. The van der Waals surface area contributed by atoms with Crippen LogP contribution in [0.4, 0.5) is 23.3 Å². The number of nitrogens with two attached hydrogens (primary N) is 2. The first-order chi connectivity index (χ1) is 6.60. The van der Waals surface area contributed by atoms with E-state index in [2.05, 4.69) is 21.7 Å². The summed E-state index contributed by atoms with van der Waals surface area (Å²) in [6, 6.07) is 0. The Hall–Kier alpha value is -1.85. The lowest BCUT2D eigenvalue weighted by Gasteiger charge is -2.18. The molecule has 0 spiro atoms. The quantitative estimate of drug-likeness (QED) is 0.680. The highest BCUT2D eigenvalue weighted by Gasteiger charge is 2.12. The Balaban J connectivity index is 3.31. The van der Waals surface area contributed by atoms with Crippen molar-refractivity contribution >= 4 is 30.0 Å². The van der Waals surface area contributed by atoms with Gasteiger partial charge in [-0.1, -0.05) is 0 Å². The van der Waals surface area contributed by atoms with Gasteiger partial charge >= 0.3 is 0 Å². The summed E-state index contributed by atoms with van der Waals surface area (Å²) in [5, 5.41) is 0. The molecule has 1 aromatic heterocycles. The minimum Gasteiger partial charge on any atom is -0.382 e. The van der Waals surface area contributed by atoms with E-state index in [1.165, 1.54) is 0 Å². The molecule has 0 aliphatic heterocycles. The highest BCUT2D eigenvalue weighted by Crippen LogP contribution is 2.30. The summed E-state index contributed by atoms with van der Waals surface area (Å²) in [6.45, 7) is 6.18. The number of nitrogens with zero attached hydrogens (tertiary/aromatic N) is 4. The second-order valence-corrected chi connectivity index (χ2v) is 2.81. The summed E-state index contributed by atoms with van der Waals surface area (Å²) in [6.07, 6.45) is 0. The fourth-order valence-electron chi connectivity index (χ4n) is 1.04. The Morgan fingerprint density at radius 3 is 2.57 bits per heavy atom. The molecular weight excluding hydrogens is 180 g/mol. The second-order valence-electron chi connectivity index (χ2n) is 2.81. The molecule has 0 radical (unpaired) electrons. The zero-order valence-electron chi connectivity index (χ0n) is 8.36. The molecule has 6 heteroatoms. The van der Waals surface area contributed by atoms with E-state index >= 15 is 0 Å². The largest absolute Gasteiger partial charge is 0.382 e. The Morgan fingerprint density at radius 2 is 2.07 bits per heavy atom. The van der Waals surface area contributed by atoms with Crippen LogP contribution in [0.15, 0.2) is 4.99 Å².